The predicted molar refractivity (Wildman–Crippen MR) is 67.8 cm³/mol. The highest BCUT2D eigenvalue weighted by molar-refractivity contribution is 7.85. The van der Waals surface area contributed by atoms with Gasteiger partial charge in [0.25, 0.3) is 5.91 Å². The molecule has 0 aliphatic rings. The lowest BCUT2D eigenvalue weighted by Gasteiger charge is -1.96. The van der Waals surface area contributed by atoms with E-state index in [-0.39, 0.29) is 11.5 Å². The molecule has 9 heteroatoms. The Bertz CT molecular complexity index is 736. The highest BCUT2D eigenvalue weighted by Gasteiger charge is 2.14. The number of hydrogen-bond acceptors (Lipinski definition) is 6. The third kappa shape index (κ3) is 3.49. The summed E-state index contributed by atoms with van der Waals surface area (Å²) in [4.78, 5) is 15.4. The van der Waals surface area contributed by atoms with Crippen molar-refractivity contribution >= 4 is 22.2 Å². The number of carbonyl (C=O) groups excluding carboxylic acids is 1. The maximum absolute atomic E-state index is 11.5. The minimum Gasteiger partial charge on any atom is -0.441 e. The van der Waals surface area contributed by atoms with Gasteiger partial charge in [0.05, 0.1) is 6.21 Å². The molecular formula is C11H9N3O5S. The quantitative estimate of drug-likeness (QED) is 0.486. The zero-order valence-corrected chi connectivity index (χ0v) is 10.7. The van der Waals surface area contributed by atoms with Crippen LogP contribution in [0.15, 0.2) is 51.1 Å². The summed E-state index contributed by atoms with van der Waals surface area (Å²) in [6.07, 6.45) is 2.55. The average molecular weight is 295 g/mol. The second-order valence-corrected chi connectivity index (χ2v) is 4.90. The second kappa shape index (κ2) is 5.63. The van der Waals surface area contributed by atoms with E-state index < -0.39 is 21.1 Å². The Labute approximate surface area is 113 Å². The molecule has 0 aliphatic carbocycles. The van der Waals surface area contributed by atoms with Crippen LogP contribution >= 0.6 is 0 Å². The molecule has 0 saturated carbocycles. The SMILES string of the molecule is O=C(N/N=C\c1ccc(S(=O)(=O)O)o1)c1ccccn1. The molecule has 0 bridgehead atoms. The zero-order chi connectivity index (χ0) is 14.6. The van der Waals surface area contributed by atoms with Gasteiger partial charge in [0.2, 0.25) is 5.09 Å². The molecule has 0 spiro atoms. The van der Waals surface area contributed by atoms with Gasteiger partial charge < -0.3 is 4.42 Å². The highest BCUT2D eigenvalue weighted by atomic mass is 32.2. The van der Waals surface area contributed by atoms with Crippen LogP contribution in [0.2, 0.25) is 0 Å². The molecule has 2 rings (SSSR count). The lowest BCUT2D eigenvalue weighted by Crippen LogP contribution is -2.18. The molecular weight excluding hydrogens is 286 g/mol. The summed E-state index contributed by atoms with van der Waals surface area (Å²) >= 11 is 0. The van der Waals surface area contributed by atoms with Crippen LogP contribution in [0.4, 0.5) is 0 Å². The standard InChI is InChI=1S/C11H9N3O5S/c15-11(9-3-1-2-6-12-9)14-13-7-8-4-5-10(19-8)20(16,17)18/h1-7H,(H,14,15)(H,16,17,18)/b13-7-. The molecule has 2 aromatic rings. The van der Waals surface area contributed by atoms with Gasteiger partial charge in [-0.3, -0.25) is 14.3 Å². The van der Waals surface area contributed by atoms with Gasteiger partial charge in [-0.2, -0.15) is 13.5 Å². The van der Waals surface area contributed by atoms with E-state index in [1.165, 1.54) is 18.3 Å². The molecule has 1 amide bonds. The molecule has 2 aromatic heterocycles. The number of nitrogens with zero attached hydrogens (tertiary/aromatic N) is 2. The van der Waals surface area contributed by atoms with Gasteiger partial charge in [-0.15, -0.1) is 0 Å². The lowest BCUT2D eigenvalue weighted by molar-refractivity contribution is 0.0950. The topological polar surface area (TPSA) is 122 Å². The summed E-state index contributed by atoms with van der Waals surface area (Å²) in [5.41, 5.74) is 2.37. The van der Waals surface area contributed by atoms with Crippen LogP contribution in [-0.4, -0.2) is 30.1 Å². The fraction of sp³-hybridized carbons (Fsp3) is 0. The molecule has 0 aromatic carbocycles. The number of amides is 1. The molecule has 0 atom stereocenters. The molecule has 20 heavy (non-hydrogen) atoms. The Morgan fingerprint density at radius 2 is 2.15 bits per heavy atom. The van der Waals surface area contributed by atoms with Crippen molar-refractivity contribution in [2.24, 2.45) is 5.10 Å². The fourth-order valence-electron chi connectivity index (χ4n) is 1.25. The third-order valence-corrected chi connectivity index (χ3v) is 2.84. The minimum absolute atomic E-state index is 0.0546. The first-order valence-corrected chi connectivity index (χ1v) is 6.72. The number of nitrogens with one attached hydrogen (secondary N) is 1. The predicted octanol–water partition coefficient (Wildman–Crippen LogP) is 0.685. The number of aromatic nitrogens is 1. The highest BCUT2D eigenvalue weighted by Crippen LogP contribution is 2.11. The Balaban J connectivity index is 2.01. The molecule has 0 unspecified atom stereocenters. The normalized spacial score (nSPS) is 11.7. The smallest absolute Gasteiger partial charge is 0.328 e. The Morgan fingerprint density at radius 1 is 1.35 bits per heavy atom. The van der Waals surface area contributed by atoms with Crippen LogP contribution in [-0.2, 0) is 10.1 Å². The number of pyridine rings is 1. The average Bonchev–Trinajstić information content (AvgIpc) is 2.88. The van der Waals surface area contributed by atoms with E-state index in [1.807, 2.05) is 0 Å². The maximum Gasteiger partial charge on any atom is 0.328 e. The van der Waals surface area contributed by atoms with Gasteiger partial charge >= 0.3 is 10.1 Å². The first-order valence-electron chi connectivity index (χ1n) is 5.28. The molecule has 0 aliphatic heterocycles. The molecule has 0 fully saturated rings. The van der Waals surface area contributed by atoms with Crippen molar-refractivity contribution in [3.63, 3.8) is 0 Å². The summed E-state index contributed by atoms with van der Waals surface area (Å²) in [6.45, 7) is 0. The van der Waals surface area contributed by atoms with E-state index in [1.54, 1.807) is 12.1 Å². The Hall–Kier alpha value is -2.52. The van der Waals surface area contributed by atoms with Crippen molar-refractivity contribution in [1.82, 2.24) is 10.4 Å². The van der Waals surface area contributed by atoms with Crippen LogP contribution < -0.4 is 5.43 Å². The Kier molecular flexibility index (Phi) is 3.91. The van der Waals surface area contributed by atoms with Gasteiger partial charge in [0, 0.05) is 6.20 Å². The van der Waals surface area contributed by atoms with Gasteiger partial charge in [0.15, 0.2) is 0 Å². The van der Waals surface area contributed by atoms with Crippen molar-refractivity contribution in [1.29, 1.82) is 0 Å². The van der Waals surface area contributed by atoms with Crippen LogP contribution in [0.1, 0.15) is 16.2 Å². The van der Waals surface area contributed by atoms with Crippen molar-refractivity contribution < 1.29 is 22.2 Å². The first-order chi connectivity index (χ1) is 9.47. The van der Waals surface area contributed by atoms with Crippen LogP contribution in [0.3, 0.4) is 0 Å². The zero-order valence-electron chi connectivity index (χ0n) is 9.92. The number of hydrogen-bond donors (Lipinski definition) is 2. The number of carbonyl (C=O) groups is 1. The fourth-order valence-corrected chi connectivity index (χ4v) is 1.69. The maximum atomic E-state index is 11.5. The monoisotopic (exact) mass is 295 g/mol. The van der Waals surface area contributed by atoms with E-state index in [0.717, 1.165) is 12.3 Å². The second-order valence-electron chi connectivity index (χ2n) is 3.55. The summed E-state index contributed by atoms with van der Waals surface area (Å²) in [5.74, 6) is -0.470. The summed E-state index contributed by atoms with van der Waals surface area (Å²) in [7, 11) is -4.39. The van der Waals surface area contributed by atoms with Crippen LogP contribution in [0, 0.1) is 0 Å². The van der Waals surface area contributed by atoms with Crippen molar-refractivity contribution in [3.8, 4) is 0 Å². The summed E-state index contributed by atoms with van der Waals surface area (Å²) < 4.78 is 35.0. The number of hydrazone groups is 1. The molecule has 104 valence electrons. The van der Waals surface area contributed by atoms with Gasteiger partial charge in [-0.25, -0.2) is 5.43 Å². The number of furan rings is 1. The summed E-state index contributed by atoms with van der Waals surface area (Å²) in [6, 6.07) is 7.17. The summed E-state index contributed by atoms with van der Waals surface area (Å²) in [5, 5.41) is 2.98. The number of rotatable bonds is 4. The van der Waals surface area contributed by atoms with E-state index in [9.17, 15) is 13.2 Å². The third-order valence-electron chi connectivity index (χ3n) is 2.11. The van der Waals surface area contributed by atoms with E-state index >= 15 is 0 Å². The minimum atomic E-state index is -4.39. The molecule has 0 saturated heterocycles. The molecule has 2 N–H and O–H groups in total. The van der Waals surface area contributed by atoms with E-state index in [4.69, 9.17) is 8.97 Å². The van der Waals surface area contributed by atoms with Crippen molar-refractivity contribution in [2.75, 3.05) is 0 Å². The van der Waals surface area contributed by atoms with Gasteiger partial charge in [0.1, 0.15) is 11.5 Å². The van der Waals surface area contributed by atoms with E-state index in [0.29, 0.717) is 0 Å². The van der Waals surface area contributed by atoms with Crippen molar-refractivity contribution in [2.45, 2.75) is 5.09 Å². The lowest BCUT2D eigenvalue weighted by atomic mass is 10.3. The van der Waals surface area contributed by atoms with Crippen LogP contribution in [0.5, 0.6) is 0 Å². The van der Waals surface area contributed by atoms with Gasteiger partial charge in [-0.1, -0.05) is 6.07 Å². The molecule has 0 radical (unpaired) electrons. The first kappa shape index (κ1) is 13.9. The largest absolute Gasteiger partial charge is 0.441 e. The molecule has 8 nitrogen and oxygen atoms in total. The van der Waals surface area contributed by atoms with Crippen molar-refractivity contribution in [3.05, 3.63) is 48.0 Å². The van der Waals surface area contributed by atoms with Gasteiger partial charge in [-0.05, 0) is 24.3 Å². The van der Waals surface area contributed by atoms with E-state index in [2.05, 4.69) is 15.5 Å². The Morgan fingerprint density at radius 3 is 2.75 bits per heavy atom. The van der Waals surface area contributed by atoms with Crippen LogP contribution in [0.25, 0.3) is 0 Å². The molecule has 2 heterocycles.